The molecule has 2 heterocycles. The summed E-state index contributed by atoms with van der Waals surface area (Å²) in [4.78, 5) is 17.3. The standard InChI is InChI=1S/C21H17N5O/c1-14-7-15(2)9-18(8-14)26-20-19(11-24-26)21(27)25(13-23-20)12-17-5-3-16(10-22)4-6-17/h3-9,11,13H,12H2,1-2H3. The van der Waals surface area contributed by atoms with Gasteiger partial charge in [0, 0.05) is 0 Å². The lowest BCUT2D eigenvalue weighted by molar-refractivity contribution is 0.745. The third kappa shape index (κ3) is 3.11. The highest BCUT2D eigenvalue weighted by molar-refractivity contribution is 5.75. The molecule has 0 bridgehead atoms. The van der Waals surface area contributed by atoms with Crippen LogP contribution in [0.25, 0.3) is 16.7 Å². The normalized spacial score (nSPS) is 10.9. The highest BCUT2D eigenvalue weighted by Gasteiger charge is 2.12. The van der Waals surface area contributed by atoms with Crippen LogP contribution in [0.3, 0.4) is 0 Å². The Hall–Kier alpha value is -3.72. The Morgan fingerprint density at radius 1 is 1.07 bits per heavy atom. The van der Waals surface area contributed by atoms with E-state index < -0.39 is 0 Å². The highest BCUT2D eigenvalue weighted by atomic mass is 16.1. The van der Waals surface area contributed by atoms with Gasteiger partial charge in [0.15, 0.2) is 5.65 Å². The summed E-state index contributed by atoms with van der Waals surface area (Å²) < 4.78 is 3.25. The molecule has 6 nitrogen and oxygen atoms in total. The van der Waals surface area contributed by atoms with Crippen LogP contribution >= 0.6 is 0 Å². The topological polar surface area (TPSA) is 76.5 Å². The lowest BCUT2D eigenvalue weighted by Gasteiger charge is -2.08. The Bertz CT molecular complexity index is 1220. The Balaban J connectivity index is 1.75. The molecule has 0 saturated carbocycles. The maximum Gasteiger partial charge on any atom is 0.264 e. The summed E-state index contributed by atoms with van der Waals surface area (Å²) in [6, 6.07) is 15.4. The second kappa shape index (κ2) is 6.54. The van der Waals surface area contributed by atoms with Gasteiger partial charge in [0.25, 0.3) is 5.56 Å². The molecular formula is C21H17N5O. The number of rotatable bonds is 3. The molecule has 0 aliphatic heterocycles. The summed E-state index contributed by atoms with van der Waals surface area (Å²) in [5.74, 6) is 0. The number of nitrogens with zero attached hydrogens (tertiary/aromatic N) is 5. The van der Waals surface area contributed by atoms with E-state index in [9.17, 15) is 4.79 Å². The van der Waals surface area contributed by atoms with Crippen LogP contribution in [0.5, 0.6) is 0 Å². The van der Waals surface area contributed by atoms with E-state index in [4.69, 9.17) is 5.26 Å². The first-order valence-corrected chi connectivity index (χ1v) is 8.56. The summed E-state index contributed by atoms with van der Waals surface area (Å²) in [5.41, 5.74) is 5.07. The zero-order chi connectivity index (χ0) is 19.0. The van der Waals surface area contributed by atoms with Gasteiger partial charge in [-0.1, -0.05) is 18.2 Å². The first-order chi connectivity index (χ1) is 13.0. The molecule has 0 radical (unpaired) electrons. The molecule has 6 heteroatoms. The molecule has 0 aliphatic carbocycles. The van der Waals surface area contributed by atoms with Gasteiger partial charge in [0.05, 0.1) is 30.1 Å². The van der Waals surface area contributed by atoms with E-state index in [1.165, 1.54) is 0 Å². The summed E-state index contributed by atoms with van der Waals surface area (Å²) in [6.07, 6.45) is 3.11. The van der Waals surface area contributed by atoms with Crippen molar-refractivity contribution in [2.45, 2.75) is 20.4 Å². The van der Waals surface area contributed by atoms with Crippen LogP contribution in [0.4, 0.5) is 0 Å². The monoisotopic (exact) mass is 355 g/mol. The lowest BCUT2D eigenvalue weighted by Crippen LogP contribution is -2.21. The Labute approximate surface area is 155 Å². The van der Waals surface area contributed by atoms with Crippen molar-refractivity contribution >= 4 is 11.0 Å². The van der Waals surface area contributed by atoms with Crippen LogP contribution < -0.4 is 5.56 Å². The molecular weight excluding hydrogens is 338 g/mol. The summed E-state index contributed by atoms with van der Waals surface area (Å²) in [5, 5.41) is 13.7. The first kappa shape index (κ1) is 16.7. The van der Waals surface area contributed by atoms with Crippen molar-refractivity contribution in [3.05, 3.63) is 87.6 Å². The molecule has 0 saturated heterocycles. The molecule has 0 aliphatic rings. The average Bonchev–Trinajstić information content (AvgIpc) is 3.09. The fourth-order valence-corrected chi connectivity index (χ4v) is 3.20. The fourth-order valence-electron chi connectivity index (χ4n) is 3.20. The SMILES string of the molecule is Cc1cc(C)cc(-n2ncc3c(=O)n(Cc4ccc(C#N)cc4)cnc32)c1. The maximum absolute atomic E-state index is 12.9. The van der Waals surface area contributed by atoms with Crippen LogP contribution in [0.1, 0.15) is 22.3 Å². The smallest absolute Gasteiger partial charge is 0.264 e. The minimum absolute atomic E-state index is 0.139. The van der Waals surface area contributed by atoms with E-state index in [-0.39, 0.29) is 5.56 Å². The van der Waals surface area contributed by atoms with Crippen LogP contribution in [-0.2, 0) is 6.54 Å². The van der Waals surface area contributed by atoms with Crippen molar-refractivity contribution in [1.82, 2.24) is 19.3 Å². The predicted molar refractivity (Wildman–Crippen MR) is 103 cm³/mol. The van der Waals surface area contributed by atoms with Gasteiger partial charge < -0.3 is 0 Å². The van der Waals surface area contributed by atoms with Gasteiger partial charge in [0.1, 0.15) is 11.7 Å². The van der Waals surface area contributed by atoms with Gasteiger partial charge in [0.2, 0.25) is 0 Å². The third-order valence-corrected chi connectivity index (χ3v) is 4.44. The summed E-state index contributed by atoms with van der Waals surface area (Å²) in [6.45, 7) is 4.45. The van der Waals surface area contributed by atoms with Crippen molar-refractivity contribution in [3.63, 3.8) is 0 Å². The largest absolute Gasteiger partial charge is 0.294 e. The van der Waals surface area contributed by atoms with Gasteiger partial charge in [-0.2, -0.15) is 10.4 Å². The number of hydrogen-bond donors (Lipinski definition) is 0. The first-order valence-electron chi connectivity index (χ1n) is 8.56. The Kier molecular flexibility index (Phi) is 4.05. The molecule has 4 aromatic rings. The van der Waals surface area contributed by atoms with Crippen LogP contribution in [0.2, 0.25) is 0 Å². The highest BCUT2D eigenvalue weighted by Crippen LogP contribution is 2.17. The van der Waals surface area contributed by atoms with Crippen LogP contribution in [-0.4, -0.2) is 19.3 Å². The number of hydrogen-bond acceptors (Lipinski definition) is 4. The van der Waals surface area contributed by atoms with E-state index in [1.807, 2.05) is 38.1 Å². The second-order valence-corrected chi connectivity index (χ2v) is 6.63. The molecule has 27 heavy (non-hydrogen) atoms. The number of nitriles is 1. The quantitative estimate of drug-likeness (QED) is 0.566. The second-order valence-electron chi connectivity index (χ2n) is 6.63. The van der Waals surface area contributed by atoms with Crippen LogP contribution in [0, 0.1) is 25.2 Å². The number of benzene rings is 2. The van der Waals surface area contributed by atoms with Gasteiger partial charge in [-0.05, 0) is 54.8 Å². The van der Waals surface area contributed by atoms with Crippen molar-refractivity contribution in [3.8, 4) is 11.8 Å². The minimum atomic E-state index is -0.139. The molecule has 0 fully saturated rings. The van der Waals surface area contributed by atoms with Gasteiger partial charge in [-0.25, -0.2) is 9.67 Å². The average molecular weight is 355 g/mol. The van der Waals surface area contributed by atoms with Crippen molar-refractivity contribution < 1.29 is 0 Å². The Morgan fingerprint density at radius 3 is 2.44 bits per heavy atom. The van der Waals surface area contributed by atoms with Crippen LogP contribution in [0.15, 0.2) is 59.8 Å². The minimum Gasteiger partial charge on any atom is -0.294 e. The molecule has 0 amide bonds. The predicted octanol–water partition coefficient (Wildman–Crippen LogP) is 3.12. The van der Waals surface area contributed by atoms with Crippen molar-refractivity contribution in [2.24, 2.45) is 0 Å². The fraction of sp³-hybridized carbons (Fsp3) is 0.143. The molecule has 0 atom stereocenters. The molecule has 0 unspecified atom stereocenters. The molecule has 2 aromatic carbocycles. The van der Waals surface area contributed by atoms with Crippen molar-refractivity contribution in [1.29, 1.82) is 5.26 Å². The van der Waals surface area contributed by atoms with Crippen molar-refractivity contribution in [2.75, 3.05) is 0 Å². The third-order valence-electron chi connectivity index (χ3n) is 4.44. The molecule has 0 N–H and O–H groups in total. The van der Waals surface area contributed by atoms with E-state index in [2.05, 4.69) is 22.2 Å². The van der Waals surface area contributed by atoms with E-state index in [1.54, 1.807) is 33.9 Å². The number of fused-ring (bicyclic) bond motifs is 1. The molecule has 132 valence electrons. The van der Waals surface area contributed by atoms with Gasteiger partial charge in [-0.3, -0.25) is 9.36 Å². The van der Waals surface area contributed by atoms with E-state index in [0.29, 0.717) is 23.1 Å². The number of aryl methyl sites for hydroxylation is 2. The lowest BCUT2D eigenvalue weighted by atomic mass is 10.1. The molecule has 0 spiro atoms. The van der Waals surface area contributed by atoms with E-state index >= 15 is 0 Å². The maximum atomic E-state index is 12.9. The van der Waals surface area contributed by atoms with Gasteiger partial charge >= 0.3 is 0 Å². The Morgan fingerprint density at radius 2 is 1.78 bits per heavy atom. The zero-order valence-electron chi connectivity index (χ0n) is 15.0. The molecule has 2 aromatic heterocycles. The molecule has 4 rings (SSSR count). The van der Waals surface area contributed by atoms with Gasteiger partial charge in [-0.15, -0.1) is 0 Å². The van der Waals surface area contributed by atoms with E-state index in [0.717, 1.165) is 22.4 Å². The number of aromatic nitrogens is 4. The zero-order valence-corrected chi connectivity index (χ0v) is 15.0. The summed E-state index contributed by atoms with van der Waals surface area (Å²) in [7, 11) is 0. The summed E-state index contributed by atoms with van der Waals surface area (Å²) >= 11 is 0.